The number of hydrogen-bond donors (Lipinski definition) is 5. The molecule has 51 heavy (non-hydrogen) atoms. The highest BCUT2D eigenvalue weighted by Gasteiger charge is 2.78. The number of primary amides is 1. The van der Waals surface area contributed by atoms with Gasteiger partial charge < -0.3 is 27.2 Å². The molecule has 2 fully saturated rings. The van der Waals surface area contributed by atoms with E-state index in [1.807, 2.05) is 4.72 Å². The van der Waals surface area contributed by atoms with Gasteiger partial charge in [0, 0.05) is 31.2 Å². The molecule has 0 spiro atoms. The number of sulfonamides is 1. The third-order valence-electron chi connectivity index (χ3n) is 9.92. The minimum absolute atomic E-state index is 0.143. The zero-order valence-corrected chi connectivity index (χ0v) is 29.0. The van der Waals surface area contributed by atoms with Gasteiger partial charge in [-0.25, -0.2) is 13.1 Å². The maximum Gasteiger partial charge on any atom is 0.309 e. The predicted octanol–water partition coefficient (Wildman–Crippen LogP) is -1.96. The number of fused-ring (bicyclic) bond motifs is 3. The number of nitriles is 1. The topological polar surface area (TPSA) is 277 Å². The Morgan fingerprint density at radius 2 is 1.65 bits per heavy atom. The number of rotatable bonds is 5. The van der Waals surface area contributed by atoms with Crippen LogP contribution in [0.2, 0.25) is 0 Å². The van der Waals surface area contributed by atoms with Crippen LogP contribution in [0, 0.1) is 47.3 Å². The van der Waals surface area contributed by atoms with Gasteiger partial charge in [0.05, 0.1) is 33.7 Å². The van der Waals surface area contributed by atoms with Crippen LogP contribution in [0.4, 0.5) is 5.69 Å². The van der Waals surface area contributed by atoms with Crippen LogP contribution < -0.4 is 26.8 Å². The summed E-state index contributed by atoms with van der Waals surface area (Å²) in [5.41, 5.74) is 12.4. The number of anilines is 1. The number of nitrogens with zero attached hydrogens (tertiary/aromatic N) is 3. The summed E-state index contributed by atoms with van der Waals surface area (Å²) in [7, 11) is 1.67. The average Bonchev–Trinajstić information content (AvgIpc) is 2.99. The Labute approximate surface area is 293 Å². The fourth-order valence-electron chi connectivity index (χ4n) is 7.80. The quantitative estimate of drug-likeness (QED) is 0.166. The number of aromatic hydroxyl groups is 1. The third kappa shape index (κ3) is 5.28. The summed E-state index contributed by atoms with van der Waals surface area (Å²) in [5.74, 6) is -8.09. The van der Waals surface area contributed by atoms with E-state index in [0.717, 1.165) is 5.56 Å². The van der Waals surface area contributed by atoms with E-state index in [9.17, 15) is 47.6 Å². The number of hydrogen-bond acceptors (Lipinski definition) is 14. The Morgan fingerprint density at radius 1 is 1.04 bits per heavy atom. The average molecular weight is 718 g/mol. The van der Waals surface area contributed by atoms with Crippen molar-refractivity contribution in [2.75, 3.05) is 33.1 Å². The first-order chi connectivity index (χ1) is 23.6. The van der Waals surface area contributed by atoms with Crippen molar-refractivity contribution < 1.29 is 42.3 Å². The lowest BCUT2D eigenvalue weighted by Gasteiger charge is -2.60. The van der Waals surface area contributed by atoms with Crippen molar-refractivity contribution in [2.45, 2.75) is 41.8 Å². The lowest BCUT2D eigenvalue weighted by atomic mass is 9.42. The van der Waals surface area contributed by atoms with Crippen molar-refractivity contribution in [1.29, 1.82) is 5.26 Å². The normalized spacial score (nSPS) is 28.4. The van der Waals surface area contributed by atoms with E-state index in [0.29, 0.717) is 0 Å². The maximum atomic E-state index is 14.6. The summed E-state index contributed by atoms with van der Waals surface area (Å²) in [6.07, 6.45) is -0.914. The molecule has 266 valence electrons. The van der Waals surface area contributed by atoms with Crippen LogP contribution >= 0.6 is 0 Å². The molecule has 2 unspecified atom stereocenters. The van der Waals surface area contributed by atoms with E-state index in [1.54, 1.807) is 32.0 Å². The molecule has 2 amide bonds. The van der Waals surface area contributed by atoms with Gasteiger partial charge in [-0.3, -0.25) is 33.7 Å². The van der Waals surface area contributed by atoms with Crippen LogP contribution in [-0.4, -0.2) is 98.7 Å². The molecule has 0 aliphatic heterocycles. The van der Waals surface area contributed by atoms with Gasteiger partial charge in [-0.15, -0.1) is 0 Å². The highest BCUT2D eigenvalue weighted by Crippen LogP contribution is 2.57. The molecule has 5 rings (SSSR count). The number of benzene rings is 2. The molecule has 0 heterocycles. The molecule has 2 saturated carbocycles. The Balaban J connectivity index is 1.64. The summed E-state index contributed by atoms with van der Waals surface area (Å²) in [6, 6.07) is 7.08. The number of carbonyl (C=O) groups excluding carboxylic acids is 6. The van der Waals surface area contributed by atoms with E-state index in [1.165, 1.54) is 49.3 Å². The van der Waals surface area contributed by atoms with Crippen molar-refractivity contribution in [1.82, 2.24) is 9.62 Å². The van der Waals surface area contributed by atoms with Gasteiger partial charge in [-0.2, -0.15) is 5.26 Å². The second kappa shape index (κ2) is 12.1. The van der Waals surface area contributed by atoms with Crippen molar-refractivity contribution >= 4 is 50.7 Å². The SMILES string of the molecule is Cc1ccc(S(=O)(=O)NC(=O)C#Cc2cc(N(C)C)c3c(c2O)C(=O)C2C(=O)[C@]4(C#N)C(=O)C(C(N)=O)C(=O)[C@@H](N(C)C)[C@]4(N)C[C@]2(N)C3)cc1. The molecule has 16 nitrogen and oxygen atoms in total. The number of likely N-dealkylation sites (N-methyl/N-ethyl adjacent to an activating group) is 1. The standard InChI is InChI=1S/C34H35N7O9S/c1-16-6-9-18(10-7-16)51(49,50)39-21(42)11-8-17-12-20(40(2)3)19-13-32(37)14-34(38)28(41(4)5)27(45)23(31(36)48)29(46)33(34,15-35)30(47)24(32)26(44)22(19)25(17)43/h6-7,9-10,12,23-24,28,43H,13-14,37-38H2,1-5H3,(H2,36,48)(H,39,42)/t23?,24?,28-,32-,33+,34-/m1/s1. The second-order valence-corrected chi connectivity index (χ2v) is 15.3. The first-order valence-corrected chi connectivity index (χ1v) is 16.9. The predicted molar refractivity (Wildman–Crippen MR) is 179 cm³/mol. The molecular weight excluding hydrogens is 682 g/mol. The molecule has 3 aliphatic carbocycles. The van der Waals surface area contributed by atoms with Gasteiger partial charge in [-0.1, -0.05) is 23.6 Å². The Kier molecular flexibility index (Phi) is 8.73. The minimum atomic E-state index is -4.31. The number of amides is 2. The van der Waals surface area contributed by atoms with Crippen molar-refractivity contribution in [3.63, 3.8) is 0 Å². The monoisotopic (exact) mass is 717 g/mol. The maximum absolute atomic E-state index is 14.6. The van der Waals surface area contributed by atoms with Crippen molar-refractivity contribution in [2.24, 2.45) is 34.5 Å². The Morgan fingerprint density at radius 3 is 2.18 bits per heavy atom. The molecule has 2 aromatic carbocycles. The molecule has 8 N–H and O–H groups in total. The smallest absolute Gasteiger partial charge is 0.309 e. The van der Waals surface area contributed by atoms with Crippen molar-refractivity contribution in [3.8, 4) is 23.7 Å². The lowest BCUT2D eigenvalue weighted by molar-refractivity contribution is -0.166. The molecule has 17 heteroatoms. The summed E-state index contributed by atoms with van der Waals surface area (Å²) >= 11 is 0. The van der Waals surface area contributed by atoms with Gasteiger partial charge in [0.25, 0.3) is 10.0 Å². The van der Waals surface area contributed by atoms with Gasteiger partial charge >= 0.3 is 5.91 Å². The molecule has 0 saturated heterocycles. The van der Waals surface area contributed by atoms with Crippen LogP contribution in [0.3, 0.4) is 0 Å². The third-order valence-corrected chi connectivity index (χ3v) is 11.3. The Bertz CT molecular complexity index is 2180. The van der Waals surface area contributed by atoms with Crippen LogP contribution in [0.25, 0.3) is 0 Å². The molecule has 3 aliphatic rings. The first kappa shape index (κ1) is 36.8. The van der Waals surface area contributed by atoms with Crippen LogP contribution in [0.15, 0.2) is 35.2 Å². The number of nitrogens with two attached hydrogens (primary N) is 3. The highest BCUT2D eigenvalue weighted by molar-refractivity contribution is 7.90. The van der Waals surface area contributed by atoms with Gasteiger partial charge in [0.2, 0.25) is 5.91 Å². The zero-order chi connectivity index (χ0) is 38.2. The van der Waals surface area contributed by atoms with Crippen LogP contribution in [0.5, 0.6) is 5.75 Å². The van der Waals surface area contributed by atoms with Crippen LogP contribution in [-0.2, 0) is 40.4 Å². The summed E-state index contributed by atoms with van der Waals surface area (Å²) in [6.45, 7) is 1.75. The number of nitrogens with one attached hydrogen (secondary N) is 1. The number of Topliss-reactive ketones (excluding diaryl/α,β-unsaturated/α-hetero) is 4. The first-order valence-electron chi connectivity index (χ1n) is 15.4. The number of phenolic OH excluding ortho intramolecular Hbond substituents is 1. The fraction of sp³-hybridized carbons (Fsp3) is 0.382. The minimum Gasteiger partial charge on any atom is -0.506 e. The second-order valence-electron chi connectivity index (χ2n) is 13.7. The Hall–Kier alpha value is -5.46. The number of carbonyl (C=O) groups is 6. The van der Waals surface area contributed by atoms with E-state index in [2.05, 4.69) is 11.8 Å². The van der Waals surface area contributed by atoms with Gasteiger partial charge in [0.1, 0.15) is 11.7 Å². The van der Waals surface area contributed by atoms with E-state index in [-0.39, 0.29) is 28.1 Å². The molecular formula is C34H35N7O9S. The molecule has 0 radical (unpaired) electrons. The highest BCUT2D eigenvalue weighted by atomic mass is 32.2. The molecule has 0 bridgehead atoms. The largest absolute Gasteiger partial charge is 0.506 e. The van der Waals surface area contributed by atoms with E-state index >= 15 is 0 Å². The number of ketones is 4. The summed E-state index contributed by atoms with van der Waals surface area (Å²) < 4.78 is 27.2. The number of aryl methyl sites for hydroxylation is 1. The lowest BCUT2D eigenvalue weighted by Crippen LogP contribution is -2.85. The molecule has 2 aromatic rings. The van der Waals surface area contributed by atoms with Crippen molar-refractivity contribution in [3.05, 3.63) is 52.6 Å². The summed E-state index contributed by atoms with van der Waals surface area (Å²) in [4.78, 5) is 84.2. The molecule has 0 aromatic heterocycles. The molecule has 6 atom stereocenters. The van der Waals surface area contributed by atoms with Gasteiger partial charge in [-0.05, 0) is 57.6 Å². The zero-order valence-electron chi connectivity index (χ0n) is 28.2. The number of phenols is 1. The van der Waals surface area contributed by atoms with E-state index < -0.39 is 97.1 Å². The van der Waals surface area contributed by atoms with E-state index in [4.69, 9.17) is 17.2 Å². The fourth-order valence-corrected chi connectivity index (χ4v) is 8.71. The van der Waals surface area contributed by atoms with Gasteiger partial charge in [0.15, 0.2) is 34.5 Å². The van der Waals surface area contributed by atoms with Crippen LogP contribution in [0.1, 0.15) is 33.5 Å². The summed E-state index contributed by atoms with van der Waals surface area (Å²) in [5, 5.41) is 22.0.